The first kappa shape index (κ1) is 21.8. The summed E-state index contributed by atoms with van der Waals surface area (Å²) in [5, 5.41) is 12.4. The minimum absolute atomic E-state index is 0. The van der Waals surface area contributed by atoms with Crippen molar-refractivity contribution in [3.05, 3.63) is 68.9 Å². The third-order valence-electron chi connectivity index (χ3n) is 4.25. The van der Waals surface area contributed by atoms with Crippen LogP contribution in [0.15, 0.2) is 57.0 Å². The molecule has 0 saturated carbocycles. The van der Waals surface area contributed by atoms with Gasteiger partial charge in [-0.05, 0) is 11.5 Å². The minimum Gasteiger partial charge on any atom is -1.00 e. The Labute approximate surface area is 179 Å². The summed E-state index contributed by atoms with van der Waals surface area (Å²) in [7, 11) is 6.13. The molecular formula is C20H23IN4O3. The summed E-state index contributed by atoms with van der Waals surface area (Å²) in [6, 6.07) is 13.0. The topological polar surface area (TPSA) is 87.4 Å². The Morgan fingerprint density at radius 2 is 1.79 bits per heavy atom. The highest BCUT2D eigenvalue weighted by Gasteiger charge is 2.16. The van der Waals surface area contributed by atoms with Crippen LogP contribution in [0.2, 0.25) is 0 Å². The van der Waals surface area contributed by atoms with E-state index in [0.717, 1.165) is 26.4 Å². The third-order valence-corrected chi connectivity index (χ3v) is 4.25. The first-order valence-corrected chi connectivity index (χ1v) is 8.65. The molecule has 0 saturated heterocycles. The molecule has 0 bridgehead atoms. The minimum atomic E-state index is -0.697. The predicted molar refractivity (Wildman–Crippen MR) is 107 cm³/mol. The van der Waals surface area contributed by atoms with E-state index in [1.54, 1.807) is 12.1 Å². The zero-order chi connectivity index (χ0) is 19.6. The van der Waals surface area contributed by atoms with Crippen molar-refractivity contribution in [1.82, 2.24) is 9.55 Å². The molecule has 2 aromatic carbocycles. The van der Waals surface area contributed by atoms with Crippen LogP contribution in [0.3, 0.4) is 0 Å². The van der Waals surface area contributed by atoms with Gasteiger partial charge in [0, 0.05) is 11.6 Å². The van der Waals surface area contributed by atoms with Gasteiger partial charge in [-0.25, -0.2) is 9.36 Å². The molecule has 7 nitrogen and oxygen atoms in total. The van der Waals surface area contributed by atoms with Crippen LogP contribution >= 0.6 is 0 Å². The summed E-state index contributed by atoms with van der Waals surface area (Å²) in [6.45, 7) is 1.27. The van der Waals surface area contributed by atoms with Crippen molar-refractivity contribution in [2.75, 3.05) is 34.2 Å². The van der Waals surface area contributed by atoms with E-state index in [2.05, 4.69) is 9.98 Å². The summed E-state index contributed by atoms with van der Waals surface area (Å²) in [5.74, 6) is -0.422. The number of nitrogens with zero attached hydrogens (tertiary/aromatic N) is 3. The average Bonchev–Trinajstić information content (AvgIpc) is 2.60. The van der Waals surface area contributed by atoms with Crippen molar-refractivity contribution < 1.29 is 33.6 Å². The Morgan fingerprint density at radius 3 is 2.50 bits per heavy atom. The number of halogens is 1. The Morgan fingerprint density at radius 1 is 1.11 bits per heavy atom. The number of aliphatic imine (C=N–C) groups is 1. The van der Waals surface area contributed by atoms with Crippen LogP contribution in [0.1, 0.15) is 5.56 Å². The highest BCUT2D eigenvalue weighted by molar-refractivity contribution is 5.91. The molecule has 0 atom stereocenters. The van der Waals surface area contributed by atoms with E-state index >= 15 is 0 Å². The molecule has 3 rings (SSSR count). The molecule has 28 heavy (non-hydrogen) atoms. The van der Waals surface area contributed by atoms with Gasteiger partial charge in [0.25, 0.3) is 5.56 Å². The first-order chi connectivity index (χ1) is 12.8. The zero-order valence-electron chi connectivity index (χ0n) is 16.0. The van der Waals surface area contributed by atoms with Gasteiger partial charge < -0.3 is 33.6 Å². The lowest BCUT2D eigenvalue weighted by atomic mass is 10.1. The predicted octanol–water partition coefficient (Wildman–Crippen LogP) is -1.49. The fourth-order valence-electron chi connectivity index (χ4n) is 2.80. The van der Waals surface area contributed by atoms with Gasteiger partial charge >= 0.3 is 5.69 Å². The first-order valence-electron chi connectivity index (χ1n) is 8.65. The molecule has 148 valence electrons. The highest BCUT2D eigenvalue weighted by atomic mass is 127. The summed E-state index contributed by atoms with van der Waals surface area (Å²) in [4.78, 5) is 31.1. The van der Waals surface area contributed by atoms with Crippen molar-refractivity contribution in [1.29, 1.82) is 0 Å². The molecule has 0 aliphatic carbocycles. The van der Waals surface area contributed by atoms with E-state index in [9.17, 15) is 14.7 Å². The number of hydrogen-bond donors (Lipinski definition) is 2. The molecule has 0 radical (unpaired) electrons. The number of fused-ring (bicyclic) bond motifs is 1. The second-order valence-corrected chi connectivity index (χ2v) is 7.38. The van der Waals surface area contributed by atoms with Crippen LogP contribution in [-0.2, 0) is 0 Å². The second kappa shape index (κ2) is 8.70. The van der Waals surface area contributed by atoms with Gasteiger partial charge in [0.1, 0.15) is 5.56 Å². The smallest absolute Gasteiger partial charge is 0.335 e. The Kier molecular flexibility index (Phi) is 6.78. The van der Waals surface area contributed by atoms with Crippen LogP contribution < -0.4 is 35.2 Å². The van der Waals surface area contributed by atoms with E-state index in [4.69, 9.17) is 0 Å². The number of aromatic amines is 1. The van der Waals surface area contributed by atoms with Crippen LogP contribution in [-0.4, -0.2) is 59.6 Å². The standard InChI is InChI=1S/C20H22N4O3.HI/c1-24(2,3)12-11-21-13-16-18(25)22-20(27)23(19(16)26)17-10-6-8-14-7-4-5-9-15(14)17;/h4-10,13H,11-12H2,1-3H3,(H-,21,22,25,26,27);1H. The van der Waals surface area contributed by atoms with E-state index in [1.165, 1.54) is 6.21 Å². The molecule has 0 aliphatic heterocycles. The Balaban J connectivity index is 0.00000280. The number of likely N-dealkylation sites (N-methyl/N-ethyl adjacent to an activating group) is 1. The highest BCUT2D eigenvalue weighted by Crippen LogP contribution is 2.24. The van der Waals surface area contributed by atoms with Crippen LogP contribution in [0.4, 0.5) is 0 Å². The normalized spacial score (nSPS) is 11.7. The molecule has 0 fully saturated rings. The number of quaternary nitrogens is 1. The van der Waals surface area contributed by atoms with Gasteiger partial charge in [-0.1, -0.05) is 36.4 Å². The lowest BCUT2D eigenvalue weighted by molar-refractivity contribution is -0.868. The molecule has 2 N–H and O–H groups in total. The molecular weight excluding hydrogens is 471 g/mol. The molecule has 8 heteroatoms. The maximum Gasteiger partial charge on any atom is 0.335 e. The molecule has 0 aliphatic rings. The van der Waals surface area contributed by atoms with Crippen molar-refractivity contribution in [2.24, 2.45) is 4.99 Å². The maximum atomic E-state index is 12.4. The SMILES string of the molecule is C[N+](C)(C)CCN=Cc1c(O)n(-c2cccc3ccccc23)c(=O)[nH]c1=O.[I-]. The van der Waals surface area contributed by atoms with Crippen LogP contribution in [0, 0.1) is 0 Å². The van der Waals surface area contributed by atoms with Crippen LogP contribution in [0.5, 0.6) is 5.88 Å². The molecule has 0 spiro atoms. The lowest BCUT2D eigenvalue weighted by Crippen LogP contribution is -3.00. The maximum absolute atomic E-state index is 12.4. The number of aromatic hydroxyl groups is 1. The number of benzene rings is 2. The summed E-state index contributed by atoms with van der Waals surface area (Å²) in [5.41, 5.74) is -0.905. The molecule has 0 amide bonds. The lowest BCUT2D eigenvalue weighted by Gasteiger charge is -2.22. The van der Waals surface area contributed by atoms with Gasteiger partial charge in [0.2, 0.25) is 5.88 Å². The Hall–Kier alpha value is -2.46. The van der Waals surface area contributed by atoms with Gasteiger partial charge in [0.15, 0.2) is 0 Å². The van der Waals surface area contributed by atoms with E-state index in [-0.39, 0.29) is 29.5 Å². The number of H-pyrrole nitrogens is 1. The van der Waals surface area contributed by atoms with E-state index < -0.39 is 17.1 Å². The summed E-state index contributed by atoms with van der Waals surface area (Å²) in [6.07, 6.45) is 1.32. The summed E-state index contributed by atoms with van der Waals surface area (Å²) < 4.78 is 1.83. The molecule has 1 heterocycles. The zero-order valence-corrected chi connectivity index (χ0v) is 18.2. The van der Waals surface area contributed by atoms with Gasteiger partial charge in [-0.2, -0.15) is 0 Å². The Bertz CT molecular complexity index is 1120. The van der Waals surface area contributed by atoms with E-state index in [1.807, 2.05) is 51.5 Å². The molecule has 0 unspecified atom stereocenters. The number of nitrogens with one attached hydrogen (secondary N) is 1. The largest absolute Gasteiger partial charge is 1.00 e. The van der Waals surface area contributed by atoms with Crippen molar-refractivity contribution in [3.63, 3.8) is 0 Å². The second-order valence-electron chi connectivity index (χ2n) is 7.38. The van der Waals surface area contributed by atoms with Gasteiger partial charge in [0.05, 0.1) is 39.9 Å². The van der Waals surface area contributed by atoms with E-state index in [0.29, 0.717) is 12.2 Å². The fraction of sp³-hybridized carbons (Fsp3) is 0.250. The quantitative estimate of drug-likeness (QED) is 0.258. The van der Waals surface area contributed by atoms with Gasteiger partial charge in [-0.3, -0.25) is 14.8 Å². The average molecular weight is 494 g/mol. The number of hydrogen-bond acceptors (Lipinski definition) is 4. The van der Waals surface area contributed by atoms with Crippen molar-refractivity contribution >= 4 is 17.0 Å². The van der Waals surface area contributed by atoms with Crippen molar-refractivity contribution in [3.8, 4) is 11.6 Å². The van der Waals surface area contributed by atoms with Gasteiger partial charge in [-0.15, -0.1) is 0 Å². The third kappa shape index (κ3) is 4.68. The number of rotatable bonds is 5. The fourth-order valence-corrected chi connectivity index (χ4v) is 2.80. The summed E-state index contributed by atoms with van der Waals surface area (Å²) >= 11 is 0. The van der Waals surface area contributed by atoms with Crippen LogP contribution in [0.25, 0.3) is 16.5 Å². The van der Waals surface area contributed by atoms with Crippen molar-refractivity contribution in [2.45, 2.75) is 0 Å². The molecule has 3 aromatic rings. The monoisotopic (exact) mass is 494 g/mol. The number of aromatic nitrogens is 2. The molecule has 1 aromatic heterocycles.